The summed E-state index contributed by atoms with van der Waals surface area (Å²) in [5.41, 5.74) is 4.13. The van der Waals surface area contributed by atoms with Gasteiger partial charge in [-0.3, -0.25) is 4.79 Å². The number of aromatic amines is 1. The Balaban J connectivity index is 2.98. The van der Waals surface area contributed by atoms with E-state index < -0.39 is 0 Å². The summed E-state index contributed by atoms with van der Waals surface area (Å²) < 4.78 is 0. The van der Waals surface area contributed by atoms with E-state index in [1.165, 1.54) is 5.56 Å². The van der Waals surface area contributed by atoms with Crippen molar-refractivity contribution in [2.45, 2.75) is 27.2 Å². The Kier molecular flexibility index (Phi) is 2.35. The van der Waals surface area contributed by atoms with E-state index in [0.717, 1.165) is 28.6 Å². The van der Waals surface area contributed by atoms with Crippen molar-refractivity contribution in [1.82, 2.24) is 4.98 Å². The molecule has 78 valence electrons. The fourth-order valence-electron chi connectivity index (χ4n) is 1.89. The molecule has 1 aromatic heterocycles. The lowest BCUT2D eigenvalue weighted by Gasteiger charge is -2.07. The Morgan fingerprint density at radius 1 is 1.27 bits per heavy atom. The fourth-order valence-corrected chi connectivity index (χ4v) is 1.89. The lowest BCUT2D eigenvalue weighted by atomic mass is 10.0. The second-order valence-corrected chi connectivity index (χ2v) is 3.90. The van der Waals surface area contributed by atoms with Crippen LogP contribution in [0.2, 0.25) is 0 Å². The number of para-hydroxylation sites is 1. The first-order valence-electron chi connectivity index (χ1n) is 5.26. The highest BCUT2D eigenvalue weighted by molar-refractivity contribution is 5.82. The van der Waals surface area contributed by atoms with Crippen molar-refractivity contribution in [3.8, 4) is 0 Å². The van der Waals surface area contributed by atoms with Gasteiger partial charge in [0.1, 0.15) is 0 Å². The predicted octanol–water partition coefficient (Wildman–Crippen LogP) is 2.71. The summed E-state index contributed by atoms with van der Waals surface area (Å²) in [7, 11) is 0. The Morgan fingerprint density at radius 3 is 2.67 bits per heavy atom. The normalized spacial score (nSPS) is 10.9. The molecule has 2 heteroatoms. The minimum atomic E-state index is 0.150. The number of rotatable bonds is 1. The fraction of sp³-hybridized carbons (Fsp3) is 0.308. The van der Waals surface area contributed by atoms with Gasteiger partial charge < -0.3 is 4.98 Å². The summed E-state index contributed by atoms with van der Waals surface area (Å²) in [5, 5.41) is 0.803. The zero-order valence-corrected chi connectivity index (χ0v) is 9.35. The minimum absolute atomic E-state index is 0.150. The maximum absolute atomic E-state index is 12.0. The van der Waals surface area contributed by atoms with Crippen LogP contribution in [-0.2, 0) is 6.42 Å². The number of H-pyrrole nitrogens is 1. The maximum Gasteiger partial charge on any atom is 0.192 e. The second kappa shape index (κ2) is 3.54. The molecule has 0 amide bonds. The molecule has 2 nitrogen and oxygen atoms in total. The number of aryl methyl sites for hydroxylation is 2. The molecule has 0 spiro atoms. The Bertz CT molecular complexity index is 566. The number of hydrogen-bond donors (Lipinski definition) is 1. The molecule has 1 heterocycles. The molecule has 2 rings (SSSR count). The SMILES string of the molecule is CCc1cccc2c(=O)c(C)c(C)[nH]c12. The van der Waals surface area contributed by atoms with Crippen molar-refractivity contribution in [2.75, 3.05) is 0 Å². The molecular weight excluding hydrogens is 186 g/mol. The van der Waals surface area contributed by atoms with Crippen LogP contribution in [0.5, 0.6) is 0 Å². The third kappa shape index (κ3) is 1.46. The van der Waals surface area contributed by atoms with Crippen molar-refractivity contribution in [3.63, 3.8) is 0 Å². The van der Waals surface area contributed by atoms with Crippen LogP contribution in [0.1, 0.15) is 23.7 Å². The lowest BCUT2D eigenvalue weighted by molar-refractivity contribution is 1.11. The van der Waals surface area contributed by atoms with E-state index in [0.29, 0.717) is 0 Å². The summed E-state index contributed by atoms with van der Waals surface area (Å²) in [6, 6.07) is 5.90. The number of nitrogens with one attached hydrogen (secondary N) is 1. The van der Waals surface area contributed by atoms with Gasteiger partial charge in [-0.1, -0.05) is 19.1 Å². The van der Waals surface area contributed by atoms with Gasteiger partial charge in [0.15, 0.2) is 5.43 Å². The van der Waals surface area contributed by atoms with Gasteiger partial charge in [-0.15, -0.1) is 0 Å². The van der Waals surface area contributed by atoms with Gasteiger partial charge in [-0.25, -0.2) is 0 Å². The molecule has 0 aliphatic rings. The van der Waals surface area contributed by atoms with Crippen molar-refractivity contribution in [2.24, 2.45) is 0 Å². The molecule has 2 aromatic rings. The molecule has 0 aliphatic carbocycles. The summed E-state index contributed by atoms with van der Waals surface area (Å²) in [6.07, 6.45) is 0.940. The first-order chi connectivity index (χ1) is 7.15. The number of aromatic nitrogens is 1. The molecule has 0 saturated heterocycles. The molecule has 0 aliphatic heterocycles. The molecule has 1 aromatic carbocycles. The van der Waals surface area contributed by atoms with Gasteiger partial charge in [-0.2, -0.15) is 0 Å². The molecule has 0 radical (unpaired) electrons. The van der Waals surface area contributed by atoms with E-state index in [1.807, 2.05) is 26.0 Å². The van der Waals surface area contributed by atoms with Crippen LogP contribution in [0.4, 0.5) is 0 Å². The van der Waals surface area contributed by atoms with Crippen LogP contribution >= 0.6 is 0 Å². The zero-order chi connectivity index (χ0) is 11.0. The third-order valence-corrected chi connectivity index (χ3v) is 2.99. The number of hydrogen-bond acceptors (Lipinski definition) is 1. The van der Waals surface area contributed by atoms with Crippen molar-refractivity contribution < 1.29 is 0 Å². The summed E-state index contributed by atoms with van der Waals surface area (Å²) in [4.78, 5) is 15.3. The van der Waals surface area contributed by atoms with Crippen molar-refractivity contribution in [3.05, 3.63) is 45.2 Å². The predicted molar refractivity (Wildman–Crippen MR) is 63.4 cm³/mol. The van der Waals surface area contributed by atoms with E-state index in [-0.39, 0.29) is 5.43 Å². The van der Waals surface area contributed by atoms with Crippen molar-refractivity contribution in [1.29, 1.82) is 0 Å². The van der Waals surface area contributed by atoms with Gasteiger partial charge in [-0.05, 0) is 31.9 Å². The van der Waals surface area contributed by atoms with E-state index in [4.69, 9.17) is 0 Å². The molecule has 15 heavy (non-hydrogen) atoms. The molecular formula is C13H15NO. The number of pyridine rings is 1. The van der Waals surface area contributed by atoms with E-state index in [2.05, 4.69) is 18.0 Å². The van der Waals surface area contributed by atoms with E-state index in [1.54, 1.807) is 0 Å². The summed E-state index contributed by atoms with van der Waals surface area (Å²) in [5.74, 6) is 0. The molecule has 0 unspecified atom stereocenters. The lowest BCUT2D eigenvalue weighted by Crippen LogP contribution is -2.10. The highest BCUT2D eigenvalue weighted by Gasteiger charge is 2.06. The van der Waals surface area contributed by atoms with Crippen LogP contribution in [0.15, 0.2) is 23.0 Å². The summed E-state index contributed by atoms with van der Waals surface area (Å²) >= 11 is 0. The second-order valence-electron chi connectivity index (χ2n) is 3.90. The highest BCUT2D eigenvalue weighted by Crippen LogP contribution is 2.15. The third-order valence-electron chi connectivity index (χ3n) is 2.99. The largest absolute Gasteiger partial charge is 0.358 e. The van der Waals surface area contributed by atoms with E-state index >= 15 is 0 Å². The van der Waals surface area contributed by atoms with Crippen LogP contribution in [-0.4, -0.2) is 4.98 Å². The average Bonchev–Trinajstić information content (AvgIpc) is 2.25. The molecule has 0 atom stereocenters. The van der Waals surface area contributed by atoms with Gasteiger partial charge in [0.2, 0.25) is 0 Å². The Morgan fingerprint density at radius 2 is 2.00 bits per heavy atom. The minimum Gasteiger partial charge on any atom is -0.358 e. The van der Waals surface area contributed by atoms with Gasteiger partial charge in [0.25, 0.3) is 0 Å². The monoisotopic (exact) mass is 201 g/mol. The number of benzene rings is 1. The van der Waals surface area contributed by atoms with Crippen LogP contribution in [0, 0.1) is 13.8 Å². The van der Waals surface area contributed by atoms with Crippen LogP contribution < -0.4 is 5.43 Å². The van der Waals surface area contributed by atoms with Crippen LogP contribution in [0.3, 0.4) is 0 Å². The highest BCUT2D eigenvalue weighted by atomic mass is 16.1. The Labute approximate surface area is 89.0 Å². The summed E-state index contributed by atoms with van der Waals surface area (Å²) in [6.45, 7) is 5.91. The molecule has 0 fully saturated rings. The Hall–Kier alpha value is -1.57. The number of fused-ring (bicyclic) bond motifs is 1. The van der Waals surface area contributed by atoms with Gasteiger partial charge in [0, 0.05) is 16.6 Å². The quantitative estimate of drug-likeness (QED) is 0.756. The smallest absolute Gasteiger partial charge is 0.192 e. The molecule has 0 saturated carbocycles. The molecule has 0 bridgehead atoms. The van der Waals surface area contributed by atoms with Crippen molar-refractivity contribution >= 4 is 10.9 Å². The first-order valence-corrected chi connectivity index (χ1v) is 5.26. The first kappa shape index (κ1) is 9.97. The van der Waals surface area contributed by atoms with Crippen LogP contribution in [0.25, 0.3) is 10.9 Å². The zero-order valence-electron chi connectivity index (χ0n) is 9.35. The molecule has 1 N–H and O–H groups in total. The average molecular weight is 201 g/mol. The van der Waals surface area contributed by atoms with Gasteiger partial charge in [0.05, 0.1) is 5.52 Å². The standard InChI is InChI=1S/C13H15NO/c1-4-10-6-5-7-11-12(10)14-9(3)8(2)13(11)15/h5-7H,4H2,1-3H3,(H,14,15). The topological polar surface area (TPSA) is 32.9 Å². The maximum atomic E-state index is 12.0. The van der Waals surface area contributed by atoms with E-state index in [9.17, 15) is 4.79 Å². The van der Waals surface area contributed by atoms with Gasteiger partial charge >= 0.3 is 0 Å².